The Kier molecular flexibility index (Phi) is 7.48. The topological polar surface area (TPSA) is 20.2 Å². The second kappa shape index (κ2) is 7.25. The fourth-order valence-electron chi connectivity index (χ4n) is 0.372. The molecular formula is C6H9IO. The number of hydrogen-bond donors (Lipinski definition) is 1. The van der Waals surface area contributed by atoms with Crippen molar-refractivity contribution in [2.24, 2.45) is 0 Å². The van der Waals surface area contributed by atoms with Gasteiger partial charge in [0.25, 0.3) is 0 Å². The van der Waals surface area contributed by atoms with E-state index in [1.54, 1.807) is 0 Å². The number of rotatable bonds is 3. The van der Waals surface area contributed by atoms with Crippen LogP contribution in [0.15, 0.2) is 0 Å². The lowest BCUT2D eigenvalue weighted by molar-refractivity contribution is 0.285. The molecule has 0 aromatic heterocycles. The lowest BCUT2D eigenvalue weighted by Gasteiger charge is -1.86. The lowest BCUT2D eigenvalue weighted by Crippen LogP contribution is -1.79. The van der Waals surface area contributed by atoms with Gasteiger partial charge in [0.1, 0.15) is 0 Å². The summed E-state index contributed by atoms with van der Waals surface area (Å²) in [5, 5.41) is 8.32. The van der Waals surface area contributed by atoms with Crippen molar-refractivity contribution < 1.29 is 5.11 Å². The molecule has 1 nitrogen and oxygen atoms in total. The molecule has 0 rings (SSSR count). The van der Waals surface area contributed by atoms with Gasteiger partial charge < -0.3 is 5.11 Å². The Hall–Kier alpha value is 0.250. The number of unbranched alkanes of at least 4 members (excludes halogenated alkanes) is 2. The Morgan fingerprint density at radius 3 is 2.62 bits per heavy atom. The highest BCUT2D eigenvalue weighted by atomic mass is 127. The molecule has 0 bridgehead atoms. The molecule has 0 aliphatic rings. The maximum absolute atomic E-state index is 8.32. The van der Waals surface area contributed by atoms with Crippen LogP contribution in [-0.4, -0.2) is 11.7 Å². The number of halogens is 1. The van der Waals surface area contributed by atoms with Gasteiger partial charge in [0.05, 0.1) is 0 Å². The third-order valence-corrected chi connectivity index (χ3v) is 1.16. The van der Waals surface area contributed by atoms with Gasteiger partial charge in [-0.25, -0.2) is 0 Å². The molecule has 0 aliphatic carbocycles. The van der Waals surface area contributed by atoms with Gasteiger partial charge in [0.2, 0.25) is 0 Å². The predicted octanol–water partition coefficient (Wildman–Crippen LogP) is 1.54. The van der Waals surface area contributed by atoms with E-state index < -0.39 is 0 Å². The Balaban J connectivity index is 2.79. The maximum Gasteiger partial charge on any atom is 0.0431 e. The van der Waals surface area contributed by atoms with Crippen LogP contribution in [0.3, 0.4) is 0 Å². The van der Waals surface area contributed by atoms with Gasteiger partial charge in [-0.15, -0.1) is 0 Å². The second-order valence-electron chi connectivity index (χ2n) is 1.45. The van der Waals surface area contributed by atoms with Gasteiger partial charge >= 0.3 is 0 Å². The predicted molar refractivity (Wildman–Crippen MR) is 42.7 cm³/mol. The fraction of sp³-hybridized carbons (Fsp3) is 0.667. The molecule has 0 saturated heterocycles. The molecule has 1 N–H and O–H groups in total. The smallest absolute Gasteiger partial charge is 0.0431 e. The minimum Gasteiger partial charge on any atom is -0.396 e. The van der Waals surface area contributed by atoms with Crippen LogP contribution in [-0.2, 0) is 0 Å². The van der Waals surface area contributed by atoms with E-state index in [4.69, 9.17) is 5.11 Å². The molecule has 0 spiro atoms. The molecule has 0 amide bonds. The van der Waals surface area contributed by atoms with Crippen LogP contribution >= 0.6 is 22.6 Å². The summed E-state index contributed by atoms with van der Waals surface area (Å²) in [5.74, 6) is 2.91. The van der Waals surface area contributed by atoms with Crippen LogP contribution in [0.2, 0.25) is 0 Å². The summed E-state index contributed by atoms with van der Waals surface area (Å²) in [6.45, 7) is 0.295. The van der Waals surface area contributed by atoms with Crippen molar-refractivity contribution in [1.82, 2.24) is 0 Å². The van der Waals surface area contributed by atoms with Crippen LogP contribution < -0.4 is 0 Å². The van der Waals surface area contributed by atoms with Crippen LogP contribution in [0.4, 0.5) is 0 Å². The van der Waals surface area contributed by atoms with Crippen molar-refractivity contribution in [2.75, 3.05) is 6.61 Å². The summed E-state index contributed by atoms with van der Waals surface area (Å²) < 4.78 is 2.76. The van der Waals surface area contributed by atoms with Crippen molar-refractivity contribution in [3.8, 4) is 9.85 Å². The minimum atomic E-state index is 0.295. The van der Waals surface area contributed by atoms with E-state index in [0.29, 0.717) is 6.61 Å². The quantitative estimate of drug-likeness (QED) is 0.438. The van der Waals surface area contributed by atoms with Crippen LogP contribution in [0.25, 0.3) is 0 Å². The molecule has 0 aromatic rings. The standard InChI is InChI=1S/C6H9IO/c7-5-3-1-2-4-6-8/h8H,1-2,4,6H2. The average Bonchev–Trinajstić information content (AvgIpc) is 1.81. The summed E-state index contributed by atoms with van der Waals surface area (Å²) in [5.41, 5.74) is 0. The van der Waals surface area contributed by atoms with Gasteiger partial charge in [0, 0.05) is 35.6 Å². The normalized spacial score (nSPS) is 7.75. The van der Waals surface area contributed by atoms with Crippen molar-refractivity contribution >= 4 is 22.6 Å². The summed E-state index contributed by atoms with van der Waals surface area (Å²) in [6, 6.07) is 0. The molecule has 0 radical (unpaired) electrons. The molecule has 0 aliphatic heterocycles. The first-order chi connectivity index (χ1) is 3.91. The minimum absolute atomic E-state index is 0.295. The van der Waals surface area contributed by atoms with Gasteiger partial charge in [-0.2, -0.15) is 0 Å². The molecule has 0 aromatic carbocycles. The van der Waals surface area contributed by atoms with Crippen LogP contribution in [0.5, 0.6) is 0 Å². The van der Waals surface area contributed by atoms with E-state index in [1.165, 1.54) is 0 Å². The molecule has 46 valence electrons. The first-order valence-corrected chi connectivity index (χ1v) is 3.69. The van der Waals surface area contributed by atoms with E-state index in [9.17, 15) is 0 Å². The zero-order valence-corrected chi connectivity index (χ0v) is 6.81. The molecule has 0 unspecified atom stereocenters. The van der Waals surface area contributed by atoms with Crippen LogP contribution in [0, 0.1) is 9.85 Å². The van der Waals surface area contributed by atoms with Gasteiger partial charge in [-0.05, 0) is 16.8 Å². The average molecular weight is 224 g/mol. The van der Waals surface area contributed by atoms with Crippen LogP contribution in [0.1, 0.15) is 19.3 Å². The lowest BCUT2D eigenvalue weighted by atomic mass is 10.2. The number of hydrogen-bond acceptors (Lipinski definition) is 1. The van der Waals surface area contributed by atoms with Gasteiger partial charge in [-0.3, -0.25) is 0 Å². The summed E-state index contributed by atoms with van der Waals surface area (Å²) in [4.78, 5) is 0. The molecular weight excluding hydrogens is 215 g/mol. The van der Waals surface area contributed by atoms with E-state index >= 15 is 0 Å². The largest absolute Gasteiger partial charge is 0.396 e. The Morgan fingerprint density at radius 2 is 2.12 bits per heavy atom. The van der Waals surface area contributed by atoms with Gasteiger partial charge in [-0.1, -0.05) is 5.92 Å². The third kappa shape index (κ3) is 6.25. The van der Waals surface area contributed by atoms with E-state index in [1.807, 2.05) is 22.6 Å². The van der Waals surface area contributed by atoms with Gasteiger partial charge in [0.15, 0.2) is 0 Å². The molecule has 0 heterocycles. The summed E-state index contributed by atoms with van der Waals surface area (Å²) >= 11 is 2.02. The summed E-state index contributed by atoms with van der Waals surface area (Å²) in [7, 11) is 0. The Morgan fingerprint density at radius 1 is 1.38 bits per heavy atom. The van der Waals surface area contributed by atoms with E-state index in [0.717, 1.165) is 19.3 Å². The van der Waals surface area contributed by atoms with Crippen molar-refractivity contribution in [2.45, 2.75) is 19.3 Å². The molecule has 2 heteroatoms. The Bertz CT molecular complexity index is 90.4. The highest BCUT2D eigenvalue weighted by molar-refractivity contribution is 14.1. The number of aliphatic hydroxyl groups is 1. The highest BCUT2D eigenvalue weighted by Crippen LogP contribution is 1.91. The zero-order chi connectivity index (χ0) is 6.24. The maximum atomic E-state index is 8.32. The molecule has 0 saturated carbocycles. The summed E-state index contributed by atoms with van der Waals surface area (Å²) in [6.07, 6.45) is 2.82. The monoisotopic (exact) mass is 224 g/mol. The fourth-order valence-corrected chi connectivity index (χ4v) is 0.642. The van der Waals surface area contributed by atoms with Crippen molar-refractivity contribution in [1.29, 1.82) is 0 Å². The molecule has 8 heavy (non-hydrogen) atoms. The van der Waals surface area contributed by atoms with Crippen molar-refractivity contribution in [3.05, 3.63) is 0 Å². The van der Waals surface area contributed by atoms with E-state index in [2.05, 4.69) is 9.85 Å². The number of aliphatic hydroxyl groups excluding tert-OH is 1. The first-order valence-electron chi connectivity index (χ1n) is 2.61. The zero-order valence-electron chi connectivity index (χ0n) is 4.65. The molecule has 0 atom stereocenters. The second-order valence-corrected chi connectivity index (χ2v) is 1.99. The Labute approximate surface area is 63.6 Å². The first kappa shape index (κ1) is 8.25. The third-order valence-electron chi connectivity index (χ3n) is 0.777. The van der Waals surface area contributed by atoms with E-state index in [-0.39, 0.29) is 0 Å². The highest BCUT2D eigenvalue weighted by Gasteiger charge is 1.79. The van der Waals surface area contributed by atoms with Crippen molar-refractivity contribution in [3.63, 3.8) is 0 Å². The SMILES string of the molecule is OCCCCC#CI. The molecule has 0 fully saturated rings.